The Morgan fingerprint density at radius 2 is 2.55 bits per heavy atom. The number of hydrogen-bond acceptors (Lipinski definition) is 2. The predicted octanol–water partition coefficient (Wildman–Crippen LogP) is 1.49. The summed E-state index contributed by atoms with van der Waals surface area (Å²) >= 11 is 0. The molecule has 1 N–H and O–H groups in total. The van der Waals surface area contributed by atoms with Gasteiger partial charge >= 0.3 is 0 Å². The van der Waals surface area contributed by atoms with E-state index in [0.717, 1.165) is 31.4 Å². The standard InChI is InChI=1S/C9H16O2/c1-2-8(7-10)6-9-4-3-5-11-9/h6,9-10H,2-5,7H2,1H3. The van der Waals surface area contributed by atoms with E-state index in [-0.39, 0.29) is 12.7 Å². The quantitative estimate of drug-likeness (QED) is 0.627. The third kappa shape index (κ3) is 2.64. The van der Waals surface area contributed by atoms with Crippen molar-refractivity contribution in [2.75, 3.05) is 13.2 Å². The molecule has 1 unspecified atom stereocenters. The van der Waals surface area contributed by atoms with Crippen LogP contribution in [0.1, 0.15) is 26.2 Å². The van der Waals surface area contributed by atoms with Crippen molar-refractivity contribution in [3.63, 3.8) is 0 Å². The van der Waals surface area contributed by atoms with E-state index in [1.807, 2.05) is 0 Å². The van der Waals surface area contributed by atoms with Crippen LogP contribution in [-0.2, 0) is 4.74 Å². The number of rotatable bonds is 3. The summed E-state index contributed by atoms with van der Waals surface area (Å²) in [6.07, 6.45) is 5.54. The highest BCUT2D eigenvalue weighted by Crippen LogP contribution is 2.15. The fourth-order valence-electron chi connectivity index (χ4n) is 1.28. The molecule has 64 valence electrons. The van der Waals surface area contributed by atoms with Crippen LogP contribution in [0.5, 0.6) is 0 Å². The zero-order chi connectivity index (χ0) is 8.10. The van der Waals surface area contributed by atoms with Crippen molar-refractivity contribution in [3.05, 3.63) is 11.6 Å². The average molecular weight is 156 g/mol. The number of aliphatic hydroxyl groups is 1. The highest BCUT2D eigenvalue weighted by Gasteiger charge is 2.12. The summed E-state index contributed by atoms with van der Waals surface area (Å²) in [5, 5.41) is 8.86. The zero-order valence-electron chi connectivity index (χ0n) is 7.05. The first-order valence-corrected chi connectivity index (χ1v) is 4.29. The van der Waals surface area contributed by atoms with Crippen LogP contribution >= 0.6 is 0 Å². The highest BCUT2D eigenvalue weighted by atomic mass is 16.5. The fourth-order valence-corrected chi connectivity index (χ4v) is 1.28. The van der Waals surface area contributed by atoms with Gasteiger partial charge in [0.2, 0.25) is 0 Å². The van der Waals surface area contributed by atoms with E-state index >= 15 is 0 Å². The van der Waals surface area contributed by atoms with Gasteiger partial charge in [0.15, 0.2) is 0 Å². The van der Waals surface area contributed by atoms with Gasteiger partial charge in [0, 0.05) is 6.61 Å². The summed E-state index contributed by atoms with van der Waals surface area (Å²) in [4.78, 5) is 0. The van der Waals surface area contributed by atoms with Crippen LogP contribution in [0, 0.1) is 0 Å². The number of ether oxygens (including phenoxy) is 1. The SMILES string of the molecule is CCC(=CC1CCCO1)CO. The van der Waals surface area contributed by atoms with Crippen LogP contribution in [0.3, 0.4) is 0 Å². The Hall–Kier alpha value is -0.340. The third-order valence-electron chi connectivity index (χ3n) is 2.04. The largest absolute Gasteiger partial charge is 0.392 e. The van der Waals surface area contributed by atoms with Gasteiger partial charge < -0.3 is 9.84 Å². The zero-order valence-corrected chi connectivity index (χ0v) is 7.05. The molecule has 2 heteroatoms. The smallest absolute Gasteiger partial charge is 0.0760 e. The van der Waals surface area contributed by atoms with Crippen molar-refractivity contribution in [3.8, 4) is 0 Å². The van der Waals surface area contributed by atoms with Crippen molar-refractivity contribution in [1.82, 2.24) is 0 Å². The minimum absolute atomic E-state index is 0.177. The Balaban J connectivity index is 2.40. The van der Waals surface area contributed by atoms with E-state index in [1.165, 1.54) is 0 Å². The van der Waals surface area contributed by atoms with Crippen LogP contribution in [-0.4, -0.2) is 24.4 Å². The molecule has 0 aromatic heterocycles. The summed E-state index contributed by atoms with van der Waals surface area (Å²) in [6, 6.07) is 0. The lowest BCUT2D eigenvalue weighted by Crippen LogP contribution is -2.02. The molecule has 2 nitrogen and oxygen atoms in total. The van der Waals surface area contributed by atoms with Gasteiger partial charge in [-0.2, -0.15) is 0 Å². The summed E-state index contributed by atoms with van der Waals surface area (Å²) in [7, 11) is 0. The lowest BCUT2D eigenvalue weighted by Gasteiger charge is -2.05. The minimum Gasteiger partial charge on any atom is -0.392 e. The Labute approximate surface area is 67.9 Å². The second kappa shape index (κ2) is 4.52. The molecule has 0 aliphatic carbocycles. The van der Waals surface area contributed by atoms with Crippen molar-refractivity contribution < 1.29 is 9.84 Å². The number of hydrogen-bond donors (Lipinski definition) is 1. The second-order valence-corrected chi connectivity index (χ2v) is 2.89. The van der Waals surface area contributed by atoms with Crippen LogP contribution < -0.4 is 0 Å². The Morgan fingerprint density at radius 3 is 3.00 bits per heavy atom. The van der Waals surface area contributed by atoms with Crippen LogP contribution in [0.4, 0.5) is 0 Å². The van der Waals surface area contributed by atoms with E-state index in [1.54, 1.807) is 0 Å². The first-order valence-electron chi connectivity index (χ1n) is 4.29. The molecule has 0 amide bonds. The molecule has 11 heavy (non-hydrogen) atoms. The van der Waals surface area contributed by atoms with Crippen molar-refractivity contribution >= 4 is 0 Å². The summed E-state index contributed by atoms with van der Waals surface area (Å²) in [5.74, 6) is 0. The van der Waals surface area contributed by atoms with Gasteiger partial charge in [-0.05, 0) is 24.8 Å². The molecule has 1 rings (SSSR count). The lowest BCUT2D eigenvalue weighted by molar-refractivity contribution is 0.144. The molecule has 0 bridgehead atoms. The van der Waals surface area contributed by atoms with E-state index < -0.39 is 0 Å². The molecular weight excluding hydrogens is 140 g/mol. The highest BCUT2D eigenvalue weighted by molar-refractivity contribution is 5.05. The van der Waals surface area contributed by atoms with Gasteiger partial charge in [0.25, 0.3) is 0 Å². The summed E-state index contributed by atoms with van der Waals surface area (Å²) in [5.41, 5.74) is 1.09. The molecule has 1 aliphatic rings. The molecule has 0 aromatic carbocycles. The predicted molar refractivity (Wildman–Crippen MR) is 44.4 cm³/mol. The Kier molecular flexibility index (Phi) is 3.60. The molecule has 1 heterocycles. The Bertz CT molecular complexity index is 128. The molecule has 1 saturated heterocycles. The monoisotopic (exact) mass is 156 g/mol. The van der Waals surface area contributed by atoms with Gasteiger partial charge in [0.1, 0.15) is 0 Å². The molecule has 0 saturated carbocycles. The number of aliphatic hydroxyl groups excluding tert-OH is 1. The maximum absolute atomic E-state index is 8.86. The maximum atomic E-state index is 8.86. The molecule has 1 fully saturated rings. The molecule has 1 aliphatic heterocycles. The molecule has 0 radical (unpaired) electrons. The van der Waals surface area contributed by atoms with Gasteiger partial charge in [-0.25, -0.2) is 0 Å². The van der Waals surface area contributed by atoms with Crippen LogP contribution in [0.2, 0.25) is 0 Å². The third-order valence-corrected chi connectivity index (χ3v) is 2.04. The molecule has 0 aromatic rings. The topological polar surface area (TPSA) is 29.5 Å². The van der Waals surface area contributed by atoms with E-state index in [4.69, 9.17) is 9.84 Å². The van der Waals surface area contributed by atoms with Crippen molar-refractivity contribution in [2.45, 2.75) is 32.3 Å². The molecule has 0 spiro atoms. The van der Waals surface area contributed by atoms with Gasteiger partial charge in [-0.3, -0.25) is 0 Å². The molecular formula is C9H16O2. The van der Waals surface area contributed by atoms with E-state index in [2.05, 4.69) is 13.0 Å². The van der Waals surface area contributed by atoms with Crippen LogP contribution in [0.25, 0.3) is 0 Å². The average Bonchev–Trinajstić information content (AvgIpc) is 2.52. The van der Waals surface area contributed by atoms with E-state index in [0.29, 0.717) is 0 Å². The van der Waals surface area contributed by atoms with Gasteiger partial charge in [0.05, 0.1) is 12.7 Å². The van der Waals surface area contributed by atoms with Gasteiger partial charge in [-0.1, -0.05) is 13.0 Å². The maximum Gasteiger partial charge on any atom is 0.0760 e. The lowest BCUT2D eigenvalue weighted by atomic mass is 10.1. The minimum atomic E-state index is 0.177. The van der Waals surface area contributed by atoms with Crippen molar-refractivity contribution in [1.29, 1.82) is 0 Å². The second-order valence-electron chi connectivity index (χ2n) is 2.89. The molecule has 1 atom stereocenters. The summed E-state index contributed by atoms with van der Waals surface area (Å²) in [6.45, 7) is 3.11. The summed E-state index contributed by atoms with van der Waals surface area (Å²) < 4.78 is 5.40. The van der Waals surface area contributed by atoms with Gasteiger partial charge in [-0.15, -0.1) is 0 Å². The van der Waals surface area contributed by atoms with E-state index in [9.17, 15) is 0 Å². The fraction of sp³-hybridized carbons (Fsp3) is 0.778. The Morgan fingerprint density at radius 1 is 1.73 bits per heavy atom. The first kappa shape index (κ1) is 8.75. The van der Waals surface area contributed by atoms with Crippen LogP contribution in [0.15, 0.2) is 11.6 Å². The normalized spacial score (nSPS) is 26.0. The van der Waals surface area contributed by atoms with Crippen molar-refractivity contribution in [2.24, 2.45) is 0 Å². The first-order chi connectivity index (χ1) is 5.36.